The van der Waals surface area contributed by atoms with Crippen LogP contribution in [0.1, 0.15) is 24.6 Å². The lowest BCUT2D eigenvalue weighted by atomic mass is 10.1. The van der Waals surface area contributed by atoms with Crippen molar-refractivity contribution >= 4 is 5.88 Å². The first-order valence-corrected chi connectivity index (χ1v) is 4.19. The summed E-state index contributed by atoms with van der Waals surface area (Å²) in [7, 11) is 2.10. The van der Waals surface area contributed by atoms with E-state index in [4.69, 9.17) is 10.3 Å². The summed E-state index contributed by atoms with van der Waals surface area (Å²) in [6, 6.07) is 2.22. The van der Waals surface area contributed by atoms with Crippen LogP contribution < -0.4 is 5.73 Å². The molecule has 1 fully saturated rings. The fourth-order valence-electron chi connectivity index (χ4n) is 1.74. The number of anilines is 1. The molecule has 0 amide bonds. The molecule has 4 heteroatoms. The topological polar surface area (TPSA) is 55.3 Å². The minimum absolute atomic E-state index is 0.408. The first-order valence-electron chi connectivity index (χ1n) is 4.19. The van der Waals surface area contributed by atoms with Crippen molar-refractivity contribution in [3.63, 3.8) is 0 Å². The van der Waals surface area contributed by atoms with Crippen molar-refractivity contribution in [3.8, 4) is 0 Å². The van der Waals surface area contributed by atoms with Crippen LogP contribution in [0.5, 0.6) is 0 Å². The third kappa shape index (κ3) is 1.18. The van der Waals surface area contributed by atoms with Crippen molar-refractivity contribution in [2.45, 2.75) is 18.9 Å². The van der Waals surface area contributed by atoms with E-state index < -0.39 is 0 Å². The van der Waals surface area contributed by atoms with Crippen LogP contribution in [0.15, 0.2) is 10.6 Å². The maximum absolute atomic E-state index is 5.44. The molecule has 1 aliphatic heterocycles. The summed E-state index contributed by atoms with van der Waals surface area (Å²) in [4.78, 5) is 2.28. The summed E-state index contributed by atoms with van der Waals surface area (Å²) >= 11 is 0. The van der Waals surface area contributed by atoms with E-state index in [1.165, 1.54) is 6.42 Å². The van der Waals surface area contributed by atoms with Crippen LogP contribution in [-0.4, -0.2) is 23.6 Å². The molecule has 0 aliphatic carbocycles. The first kappa shape index (κ1) is 7.61. The Bertz CT molecular complexity index is 271. The Morgan fingerprint density at radius 2 is 2.58 bits per heavy atom. The second kappa shape index (κ2) is 2.79. The number of nitrogens with two attached hydrogens (primary N) is 1. The standard InChI is InChI=1S/C8H13N3O/c1-11-4-2-3-7(11)6-5-8(9)12-10-6/h5,7H,2-4,9H2,1H3. The number of hydrogen-bond acceptors (Lipinski definition) is 4. The lowest BCUT2D eigenvalue weighted by Gasteiger charge is -2.15. The molecular weight excluding hydrogens is 154 g/mol. The number of aromatic nitrogens is 1. The third-order valence-corrected chi connectivity index (χ3v) is 2.41. The summed E-state index contributed by atoms with van der Waals surface area (Å²) in [5, 5.41) is 3.91. The molecule has 0 spiro atoms. The van der Waals surface area contributed by atoms with Gasteiger partial charge in [0.05, 0.1) is 6.04 Å². The van der Waals surface area contributed by atoms with Gasteiger partial charge < -0.3 is 10.3 Å². The third-order valence-electron chi connectivity index (χ3n) is 2.41. The highest BCUT2D eigenvalue weighted by Crippen LogP contribution is 2.29. The Hall–Kier alpha value is -1.03. The lowest BCUT2D eigenvalue weighted by Crippen LogP contribution is -2.17. The second-order valence-corrected chi connectivity index (χ2v) is 3.29. The van der Waals surface area contributed by atoms with Crippen molar-refractivity contribution < 1.29 is 4.52 Å². The Kier molecular flexibility index (Phi) is 1.77. The Balaban J connectivity index is 2.19. The highest BCUT2D eigenvalue weighted by molar-refractivity contribution is 5.26. The van der Waals surface area contributed by atoms with E-state index in [9.17, 15) is 0 Å². The minimum atomic E-state index is 0.408. The molecule has 12 heavy (non-hydrogen) atoms. The van der Waals surface area contributed by atoms with Gasteiger partial charge in [0.25, 0.3) is 0 Å². The fourth-order valence-corrected chi connectivity index (χ4v) is 1.74. The number of rotatable bonds is 1. The number of likely N-dealkylation sites (tertiary alicyclic amines) is 1. The van der Waals surface area contributed by atoms with Gasteiger partial charge in [-0.3, -0.25) is 4.90 Å². The van der Waals surface area contributed by atoms with Gasteiger partial charge in [0, 0.05) is 6.07 Å². The molecule has 0 radical (unpaired) electrons. The molecule has 1 unspecified atom stereocenters. The van der Waals surface area contributed by atoms with Gasteiger partial charge in [-0.2, -0.15) is 0 Å². The van der Waals surface area contributed by atoms with Crippen LogP contribution in [-0.2, 0) is 0 Å². The summed E-state index contributed by atoms with van der Waals surface area (Å²) in [6.07, 6.45) is 2.39. The minimum Gasteiger partial charge on any atom is -0.368 e. The second-order valence-electron chi connectivity index (χ2n) is 3.29. The van der Waals surface area contributed by atoms with Gasteiger partial charge in [0.2, 0.25) is 5.88 Å². The normalized spacial score (nSPS) is 24.9. The Labute approximate surface area is 71.3 Å². The quantitative estimate of drug-likeness (QED) is 0.678. The van der Waals surface area contributed by atoms with Crippen molar-refractivity contribution in [1.29, 1.82) is 0 Å². The molecule has 0 bridgehead atoms. The maximum Gasteiger partial charge on any atom is 0.222 e. The van der Waals surface area contributed by atoms with E-state index in [1.54, 1.807) is 0 Å². The number of nitrogens with zero attached hydrogens (tertiary/aromatic N) is 2. The van der Waals surface area contributed by atoms with Crippen LogP contribution in [0.25, 0.3) is 0 Å². The van der Waals surface area contributed by atoms with Crippen molar-refractivity contribution in [2.24, 2.45) is 0 Å². The van der Waals surface area contributed by atoms with Crippen LogP contribution in [0, 0.1) is 0 Å². The van der Waals surface area contributed by atoms with Crippen molar-refractivity contribution in [2.75, 3.05) is 19.3 Å². The van der Waals surface area contributed by atoms with E-state index in [2.05, 4.69) is 17.1 Å². The van der Waals surface area contributed by atoms with E-state index in [-0.39, 0.29) is 0 Å². The molecule has 2 heterocycles. The van der Waals surface area contributed by atoms with Crippen molar-refractivity contribution in [3.05, 3.63) is 11.8 Å². The summed E-state index contributed by atoms with van der Waals surface area (Å²) in [5.74, 6) is 0.408. The zero-order valence-electron chi connectivity index (χ0n) is 7.16. The molecule has 2 N–H and O–H groups in total. The van der Waals surface area contributed by atoms with Gasteiger partial charge in [-0.15, -0.1) is 0 Å². The van der Waals surface area contributed by atoms with Crippen LogP contribution in [0.4, 0.5) is 5.88 Å². The van der Waals surface area contributed by atoms with E-state index >= 15 is 0 Å². The monoisotopic (exact) mass is 167 g/mol. The SMILES string of the molecule is CN1CCCC1c1cc(N)on1. The first-order chi connectivity index (χ1) is 5.77. The van der Waals surface area contributed by atoms with E-state index in [0.717, 1.165) is 18.7 Å². The molecule has 1 aromatic heterocycles. The predicted molar refractivity (Wildman–Crippen MR) is 45.5 cm³/mol. The number of hydrogen-bond donors (Lipinski definition) is 1. The largest absolute Gasteiger partial charge is 0.368 e. The van der Waals surface area contributed by atoms with Crippen LogP contribution in [0.2, 0.25) is 0 Å². The summed E-state index contributed by atoms with van der Waals surface area (Å²) < 4.78 is 4.83. The molecule has 4 nitrogen and oxygen atoms in total. The van der Waals surface area contributed by atoms with E-state index in [0.29, 0.717) is 11.9 Å². The fraction of sp³-hybridized carbons (Fsp3) is 0.625. The van der Waals surface area contributed by atoms with Crippen LogP contribution >= 0.6 is 0 Å². The highest BCUT2D eigenvalue weighted by Gasteiger charge is 2.25. The molecule has 1 aromatic rings. The maximum atomic E-state index is 5.44. The van der Waals surface area contributed by atoms with Gasteiger partial charge in [-0.05, 0) is 26.4 Å². The molecule has 2 rings (SSSR count). The Morgan fingerprint density at radius 1 is 1.75 bits per heavy atom. The molecule has 1 aliphatic rings. The highest BCUT2D eigenvalue weighted by atomic mass is 16.5. The molecule has 1 saturated heterocycles. The summed E-state index contributed by atoms with van der Waals surface area (Å²) in [6.45, 7) is 1.14. The van der Waals surface area contributed by atoms with Gasteiger partial charge in [0.1, 0.15) is 5.69 Å². The summed E-state index contributed by atoms with van der Waals surface area (Å²) in [5.41, 5.74) is 6.41. The Morgan fingerprint density at radius 3 is 3.08 bits per heavy atom. The van der Waals surface area contributed by atoms with Gasteiger partial charge in [-0.25, -0.2) is 0 Å². The predicted octanol–water partition coefficient (Wildman–Crippen LogP) is 1.02. The van der Waals surface area contributed by atoms with Crippen LogP contribution in [0.3, 0.4) is 0 Å². The van der Waals surface area contributed by atoms with Gasteiger partial charge in [-0.1, -0.05) is 5.16 Å². The molecule has 1 atom stereocenters. The molecule has 66 valence electrons. The van der Waals surface area contributed by atoms with Gasteiger partial charge >= 0.3 is 0 Å². The zero-order valence-corrected chi connectivity index (χ0v) is 7.16. The average molecular weight is 167 g/mol. The van der Waals surface area contributed by atoms with Gasteiger partial charge in [0.15, 0.2) is 0 Å². The molecular formula is C8H13N3O. The zero-order chi connectivity index (χ0) is 8.55. The lowest BCUT2D eigenvalue weighted by molar-refractivity contribution is 0.298. The molecule has 0 aromatic carbocycles. The number of nitrogen functional groups attached to an aromatic ring is 1. The molecule has 0 saturated carbocycles. The van der Waals surface area contributed by atoms with Crippen molar-refractivity contribution in [1.82, 2.24) is 10.1 Å². The van der Waals surface area contributed by atoms with E-state index in [1.807, 2.05) is 6.07 Å². The average Bonchev–Trinajstić information content (AvgIpc) is 2.58. The smallest absolute Gasteiger partial charge is 0.222 e.